The molecule has 0 spiro atoms. The molecule has 1 atom stereocenters. The summed E-state index contributed by atoms with van der Waals surface area (Å²) in [5.41, 5.74) is -0.663. The molecular weight excluding hydrogens is 164 g/mol. The zero-order valence-corrected chi connectivity index (χ0v) is 8.79. The third kappa shape index (κ3) is 7.72. The fourth-order valence-electron chi connectivity index (χ4n) is 1.08. The Morgan fingerprint density at radius 2 is 2.08 bits per heavy atom. The Bertz CT molecular complexity index is 169. The van der Waals surface area contributed by atoms with Crippen molar-refractivity contribution < 1.29 is 9.90 Å². The zero-order chi connectivity index (χ0) is 10.3. The minimum Gasteiger partial charge on any atom is -0.390 e. The number of hydrogen-bond donors (Lipinski definition) is 1. The second-order valence-electron chi connectivity index (χ2n) is 4.20. The normalized spacial score (nSPS) is 16.4. The van der Waals surface area contributed by atoms with Crippen LogP contribution in [0, 0.1) is 5.92 Å². The number of aldehydes is 1. The van der Waals surface area contributed by atoms with Crippen molar-refractivity contribution in [2.24, 2.45) is 5.92 Å². The Morgan fingerprint density at radius 3 is 2.54 bits per heavy atom. The lowest BCUT2D eigenvalue weighted by Crippen LogP contribution is -2.23. The van der Waals surface area contributed by atoms with Gasteiger partial charge in [-0.1, -0.05) is 19.9 Å². The molecule has 76 valence electrons. The lowest BCUT2D eigenvalue weighted by Gasteiger charge is -2.22. The standard InChI is InChI=1S/C11H20O2/c1-10(2)6-8-11(3,13)7-4-5-9-12/h4-5,9-10,13H,6-8H2,1-3H3/b5-4+. The van der Waals surface area contributed by atoms with E-state index in [1.165, 1.54) is 6.08 Å². The number of carbonyl (C=O) groups excluding carboxylic acids is 1. The summed E-state index contributed by atoms with van der Waals surface area (Å²) in [5.74, 6) is 0.613. The van der Waals surface area contributed by atoms with Crippen molar-refractivity contribution in [1.82, 2.24) is 0 Å². The van der Waals surface area contributed by atoms with E-state index in [2.05, 4.69) is 13.8 Å². The summed E-state index contributed by atoms with van der Waals surface area (Å²) in [6.07, 6.45) is 6.24. The molecule has 2 nitrogen and oxygen atoms in total. The topological polar surface area (TPSA) is 37.3 Å². The Kier molecular flexibility index (Phi) is 5.63. The van der Waals surface area contributed by atoms with Gasteiger partial charge in [0.2, 0.25) is 0 Å². The molecular formula is C11H20O2. The van der Waals surface area contributed by atoms with Crippen LogP contribution < -0.4 is 0 Å². The van der Waals surface area contributed by atoms with Gasteiger partial charge in [0, 0.05) is 0 Å². The second kappa shape index (κ2) is 5.92. The van der Waals surface area contributed by atoms with Gasteiger partial charge in [-0.15, -0.1) is 0 Å². The van der Waals surface area contributed by atoms with Crippen LogP contribution in [0.1, 0.15) is 40.0 Å². The third-order valence-corrected chi connectivity index (χ3v) is 2.03. The van der Waals surface area contributed by atoms with Crippen LogP contribution in [0.5, 0.6) is 0 Å². The van der Waals surface area contributed by atoms with Gasteiger partial charge >= 0.3 is 0 Å². The van der Waals surface area contributed by atoms with Crippen LogP contribution >= 0.6 is 0 Å². The lowest BCUT2D eigenvalue weighted by molar-refractivity contribution is -0.104. The molecule has 0 bridgehead atoms. The number of aliphatic hydroxyl groups is 1. The van der Waals surface area contributed by atoms with Crippen molar-refractivity contribution in [2.75, 3.05) is 0 Å². The first-order chi connectivity index (χ1) is 5.98. The highest BCUT2D eigenvalue weighted by Gasteiger charge is 2.18. The van der Waals surface area contributed by atoms with Gasteiger partial charge in [0.1, 0.15) is 6.29 Å². The van der Waals surface area contributed by atoms with E-state index >= 15 is 0 Å². The van der Waals surface area contributed by atoms with Gasteiger partial charge in [0.15, 0.2) is 0 Å². The van der Waals surface area contributed by atoms with Crippen molar-refractivity contribution in [3.05, 3.63) is 12.2 Å². The van der Waals surface area contributed by atoms with E-state index in [0.717, 1.165) is 19.1 Å². The molecule has 0 heterocycles. The van der Waals surface area contributed by atoms with Gasteiger partial charge in [0.05, 0.1) is 5.60 Å². The average molecular weight is 184 g/mol. The number of hydrogen-bond acceptors (Lipinski definition) is 2. The Hall–Kier alpha value is -0.630. The first-order valence-corrected chi connectivity index (χ1v) is 4.80. The van der Waals surface area contributed by atoms with Crippen molar-refractivity contribution in [3.8, 4) is 0 Å². The molecule has 13 heavy (non-hydrogen) atoms. The van der Waals surface area contributed by atoms with E-state index < -0.39 is 5.60 Å². The van der Waals surface area contributed by atoms with Crippen molar-refractivity contribution in [3.63, 3.8) is 0 Å². The predicted molar refractivity (Wildman–Crippen MR) is 54.5 cm³/mol. The van der Waals surface area contributed by atoms with Crippen LogP contribution in [0.3, 0.4) is 0 Å². The highest BCUT2D eigenvalue weighted by atomic mass is 16.3. The zero-order valence-electron chi connectivity index (χ0n) is 8.79. The molecule has 0 aromatic rings. The number of carbonyl (C=O) groups is 1. The molecule has 1 unspecified atom stereocenters. The second-order valence-corrected chi connectivity index (χ2v) is 4.20. The maximum absolute atomic E-state index is 9.99. The highest BCUT2D eigenvalue weighted by molar-refractivity contribution is 5.64. The monoisotopic (exact) mass is 184 g/mol. The first kappa shape index (κ1) is 12.4. The summed E-state index contributed by atoms with van der Waals surface area (Å²) in [5, 5.41) is 9.82. The molecule has 0 saturated carbocycles. The lowest BCUT2D eigenvalue weighted by atomic mass is 9.92. The van der Waals surface area contributed by atoms with Gasteiger partial charge in [0.25, 0.3) is 0 Å². The summed E-state index contributed by atoms with van der Waals surface area (Å²) in [6, 6.07) is 0. The Morgan fingerprint density at radius 1 is 1.46 bits per heavy atom. The van der Waals surface area contributed by atoms with Gasteiger partial charge in [-0.05, 0) is 38.2 Å². The van der Waals surface area contributed by atoms with Gasteiger partial charge < -0.3 is 5.11 Å². The number of rotatable bonds is 6. The fraction of sp³-hybridized carbons (Fsp3) is 0.727. The van der Waals surface area contributed by atoms with Crippen LogP contribution in [0.15, 0.2) is 12.2 Å². The maximum Gasteiger partial charge on any atom is 0.142 e. The molecule has 1 N–H and O–H groups in total. The van der Waals surface area contributed by atoms with E-state index in [1.54, 1.807) is 6.08 Å². The van der Waals surface area contributed by atoms with Gasteiger partial charge in [-0.2, -0.15) is 0 Å². The van der Waals surface area contributed by atoms with Crippen molar-refractivity contribution >= 4 is 6.29 Å². The third-order valence-electron chi connectivity index (χ3n) is 2.03. The largest absolute Gasteiger partial charge is 0.390 e. The van der Waals surface area contributed by atoms with Crippen molar-refractivity contribution in [1.29, 1.82) is 0 Å². The van der Waals surface area contributed by atoms with Gasteiger partial charge in [-0.3, -0.25) is 4.79 Å². The van der Waals surface area contributed by atoms with E-state index in [1.807, 2.05) is 6.92 Å². The molecule has 0 fully saturated rings. The molecule has 0 aliphatic carbocycles. The summed E-state index contributed by atoms with van der Waals surface area (Å²) in [6.45, 7) is 6.08. The molecule has 0 saturated heterocycles. The van der Waals surface area contributed by atoms with E-state index in [0.29, 0.717) is 12.3 Å². The van der Waals surface area contributed by atoms with E-state index in [9.17, 15) is 9.90 Å². The summed E-state index contributed by atoms with van der Waals surface area (Å²) < 4.78 is 0. The fourth-order valence-corrected chi connectivity index (χ4v) is 1.08. The number of allylic oxidation sites excluding steroid dienone is 1. The molecule has 2 heteroatoms. The molecule has 0 amide bonds. The average Bonchev–Trinajstić information content (AvgIpc) is 2.02. The van der Waals surface area contributed by atoms with Crippen LogP contribution in [-0.2, 0) is 4.79 Å². The predicted octanol–water partition coefficient (Wildman–Crippen LogP) is 2.32. The van der Waals surface area contributed by atoms with Crippen molar-refractivity contribution in [2.45, 2.75) is 45.6 Å². The highest BCUT2D eigenvalue weighted by Crippen LogP contribution is 2.19. The van der Waals surface area contributed by atoms with Crippen LogP contribution in [0.2, 0.25) is 0 Å². The van der Waals surface area contributed by atoms with Crippen LogP contribution in [0.4, 0.5) is 0 Å². The van der Waals surface area contributed by atoms with Crippen LogP contribution in [-0.4, -0.2) is 17.0 Å². The van der Waals surface area contributed by atoms with Crippen LogP contribution in [0.25, 0.3) is 0 Å². The molecule has 0 aromatic heterocycles. The molecule has 0 rings (SSSR count). The maximum atomic E-state index is 9.99. The quantitative estimate of drug-likeness (QED) is 0.508. The minimum atomic E-state index is -0.663. The summed E-state index contributed by atoms with van der Waals surface area (Å²) in [4.78, 5) is 9.99. The Labute approximate surface area is 80.7 Å². The summed E-state index contributed by atoms with van der Waals surface area (Å²) >= 11 is 0. The molecule has 0 aliphatic heterocycles. The first-order valence-electron chi connectivity index (χ1n) is 4.80. The SMILES string of the molecule is CC(C)CCC(C)(O)C/C=C/C=O. The van der Waals surface area contributed by atoms with E-state index in [-0.39, 0.29) is 0 Å². The van der Waals surface area contributed by atoms with Gasteiger partial charge in [-0.25, -0.2) is 0 Å². The molecule has 0 aromatic carbocycles. The molecule has 0 radical (unpaired) electrons. The van der Waals surface area contributed by atoms with E-state index in [4.69, 9.17) is 0 Å². The summed E-state index contributed by atoms with van der Waals surface area (Å²) in [7, 11) is 0. The minimum absolute atomic E-state index is 0.554. The smallest absolute Gasteiger partial charge is 0.142 e. The Balaban J connectivity index is 3.78. The molecule has 0 aliphatic rings.